The highest BCUT2D eigenvalue weighted by Gasteiger charge is 2.54. The number of carbonyl (C=O) groups is 6. The molecule has 2 heterocycles. The van der Waals surface area contributed by atoms with Crippen molar-refractivity contribution in [3.05, 3.63) is 184 Å². The topological polar surface area (TPSA) is 301 Å². The Kier molecular flexibility index (Phi) is 39.9. The van der Waals surface area contributed by atoms with Crippen LogP contribution in [-0.2, 0) is 121 Å². The Morgan fingerprint density at radius 1 is 0.486 bits per heavy atom. The molecule has 5 N–H and O–H groups in total. The summed E-state index contributed by atoms with van der Waals surface area (Å²) in [5.41, 5.74) is 15.4. The van der Waals surface area contributed by atoms with Gasteiger partial charge in [-0.1, -0.05) is 211 Å². The zero-order valence-corrected chi connectivity index (χ0v) is 66.8. The Bertz CT molecular complexity index is 3630. The summed E-state index contributed by atoms with van der Waals surface area (Å²) in [6.45, 7) is 41.7. The van der Waals surface area contributed by atoms with Gasteiger partial charge in [0.1, 0.15) is 43.3 Å². The quantitative estimate of drug-likeness (QED) is 0.0189. The highest BCUT2D eigenvalue weighted by molar-refractivity contribution is 7.89. The van der Waals surface area contributed by atoms with Crippen LogP contribution >= 0.6 is 0 Å². The average Bonchev–Trinajstić information content (AvgIpc) is 1.62. The molecule has 105 heavy (non-hydrogen) atoms. The molecule has 7 rings (SSSR count). The van der Waals surface area contributed by atoms with Gasteiger partial charge in [-0.3, -0.25) is 34.3 Å². The molecule has 0 bridgehead atoms. The fourth-order valence-electron chi connectivity index (χ4n) is 9.17. The predicted octanol–water partition coefficient (Wildman–Crippen LogP) is 14.2. The highest BCUT2D eigenvalue weighted by atomic mass is 32.2. The van der Waals surface area contributed by atoms with E-state index in [2.05, 4.69) is 162 Å². The van der Waals surface area contributed by atoms with Gasteiger partial charge in [-0.2, -0.15) is 0 Å². The Balaban J connectivity index is 0.000000630. The van der Waals surface area contributed by atoms with Crippen molar-refractivity contribution in [3.8, 4) is 0 Å². The van der Waals surface area contributed by atoms with E-state index in [0.29, 0.717) is 51.3 Å². The van der Waals surface area contributed by atoms with Crippen molar-refractivity contribution in [1.29, 1.82) is 0 Å². The minimum atomic E-state index is -3.49. The van der Waals surface area contributed by atoms with E-state index in [1.54, 1.807) is 52.8 Å². The van der Waals surface area contributed by atoms with Gasteiger partial charge in [0.25, 0.3) is 0 Å². The number of hydrogen-bond donors (Lipinski definition) is 4. The summed E-state index contributed by atoms with van der Waals surface area (Å²) in [4.78, 5) is 81.5. The number of hydrogen-bond acceptors (Lipinski definition) is 18. The number of nitrogens with zero attached hydrogens (tertiary/aromatic N) is 3. The third-order valence-corrected chi connectivity index (χ3v) is 17.6. The molecule has 6 aromatic rings. The summed E-state index contributed by atoms with van der Waals surface area (Å²) >= 11 is 0. The number of carbonyl (C=O) groups excluding carboxylic acids is 6. The zero-order valence-electron chi connectivity index (χ0n) is 66.0. The number of methoxy groups -OCH3 is 3. The fraction of sp³-hybridized carbons (Fsp3) is 0.530. The van der Waals surface area contributed by atoms with E-state index in [1.807, 2.05) is 91.1 Å². The summed E-state index contributed by atoms with van der Waals surface area (Å²) in [6, 6.07) is 34.8. The zero-order chi connectivity index (χ0) is 78.9. The van der Waals surface area contributed by atoms with Gasteiger partial charge in [-0.15, -0.1) is 0 Å². The highest BCUT2D eigenvalue weighted by Crippen LogP contribution is 2.47. The van der Waals surface area contributed by atoms with Gasteiger partial charge in [0.05, 0.1) is 43.4 Å². The molecule has 22 heteroatoms. The largest absolute Gasteiger partial charge is 0.463 e. The normalized spacial score (nSPS) is 12.4. The van der Waals surface area contributed by atoms with Crippen molar-refractivity contribution >= 4 is 51.2 Å². The minimum absolute atomic E-state index is 0. The minimum Gasteiger partial charge on any atom is -0.463 e. The van der Waals surface area contributed by atoms with Gasteiger partial charge >= 0.3 is 18.0 Å². The van der Waals surface area contributed by atoms with Crippen LogP contribution in [0.3, 0.4) is 0 Å². The van der Waals surface area contributed by atoms with Gasteiger partial charge in [0.2, 0.25) is 15.9 Å². The molecule has 0 saturated heterocycles. The molecule has 0 atom stereocenters. The van der Waals surface area contributed by atoms with Crippen molar-refractivity contribution in [2.75, 3.05) is 79.4 Å². The van der Waals surface area contributed by atoms with Gasteiger partial charge in [-0.25, -0.2) is 27.9 Å². The summed E-state index contributed by atoms with van der Waals surface area (Å²) < 4.78 is 55.0. The van der Waals surface area contributed by atoms with Gasteiger partial charge in [0, 0.05) is 65.0 Å². The molecule has 582 valence electrons. The van der Waals surface area contributed by atoms with E-state index in [9.17, 15) is 37.2 Å². The Morgan fingerprint density at radius 2 is 0.886 bits per heavy atom. The smallest absolute Gasteiger partial charge is 0.411 e. The molecule has 0 spiro atoms. The van der Waals surface area contributed by atoms with Crippen LogP contribution in [0, 0.1) is 5.41 Å². The summed E-state index contributed by atoms with van der Waals surface area (Å²) in [7, 11) is 1.20. The van der Waals surface area contributed by atoms with E-state index < -0.39 is 27.4 Å². The lowest BCUT2D eigenvalue weighted by atomic mass is 9.86. The third kappa shape index (κ3) is 37.1. The molecule has 1 aliphatic rings. The van der Waals surface area contributed by atoms with Crippen LogP contribution in [0.2, 0.25) is 0 Å². The van der Waals surface area contributed by atoms with Crippen molar-refractivity contribution in [1.82, 2.24) is 19.7 Å². The maximum absolute atomic E-state index is 12.1. The number of anilines is 1. The Hall–Kier alpha value is -8.12. The first-order valence-corrected chi connectivity index (χ1v) is 36.5. The number of ether oxygens (including phenoxy) is 6. The number of Topliss-reactive ketones (excluding diaryl/α,β-unsaturated/α-hetero) is 2. The van der Waals surface area contributed by atoms with E-state index in [1.165, 1.54) is 11.1 Å². The molecule has 1 saturated carbocycles. The lowest BCUT2D eigenvalue weighted by Gasteiger charge is -2.19. The van der Waals surface area contributed by atoms with Gasteiger partial charge < -0.3 is 39.3 Å². The van der Waals surface area contributed by atoms with Crippen molar-refractivity contribution in [2.45, 2.75) is 215 Å². The van der Waals surface area contributed by atoms with Crippen LogP contribution in [-0.4, -0.2) is 138 Å². The third-order valence-electron chi connectivity index (χ3n) is 16.1. The Morgan fingerprint density at radius 3 is 1.27 bits per heavy atom. The summed E-state index contributed by atoms with van der Waals surface area (Å²) in [6.07, 6.45) is 7.23. The molecule has 2 aromatic heterocycles. The number of aliphatic hydroxyl groups excluding tert-OH is 1. The van der Waals surface area contributed by atoms with Gasteiger partial charge in [0.15, 0.2) is 5.78 Å². The van der Waals surface area contributed by atoms with Crippen LogP contribution in [0.4, 0.5) is 10.5 Å². The molecule has 0 unspecified atom stereocenters. The van der Waals surface area contributed by atoms with Crippen LogP contribution in [0.1, 0.15) is 208 Å². The second-order valence-electron chi connectivity index (χ2n) is 31.5. The standard InChI is InChI=1S/C16H21NO2.2C14H21NO3.C13H20N2O3.C13H18O.C12H19NO3S.CH4/c1-15(2,3)12-6-4-11(5-7-12)10-13(18)16(8-9-16)14(17)19;1-14(2,3)11-5-6-12(15-10-11)9-13(16)18-8-7-17-4;1-14(2,3)11-6-5-7-12(10-11)15-13(16)18-9-8-17-4;1-13(2,3)10-8-14-11(15-9-10)7-12(16)18-6-5-17-4;1-10(14)9-11-5-7-12(8-6-11)13(2,3)4;1-12(2,3)10-4-6-11(7-5-10)17(15,16)13-8-9-14;/h4-7H,8-10H2,1-3H3,(H2,17,19);5-6,10H,7-9H2,1-4H3;5-7,10H,8-9H2,1-4H3,(H,15,16);8-9H,5-7H2,1-4H3;5-8H,9H2,1-4H3;4-7,13-14H,8-9H2,1-3H3;1H4. The van der Waals surface area contributed by atoms with Crippen molar-refractivity contribution in [2.24, 2.45) is 11.1 Å². The first-order valence-electron chi connectivity index (χ1n) is 35.0. The molecular weight excluding hydrogens is 1350 g/mol. The van der Waals surface area contributed by atoms with E-state index in [4.69, 9.17) is 39.3 Å². The van der Waals surface area contributed by atoms with Crippen LogP contribution in [0.5, 0.6) is 0 Å². The number of pyridine rings is 1. The molecule has 2 amide bonds. The lowest BCUT2D eigenvalue weighted by molar-refractivity contribution is -0.145. The fourth-order valence-corrected chi connectivity index (χ4v) is 10.2. The lowest BCUT2D eigenvalue weighted by Crippen LogP contribution is -2.33. The monoisotopic (exact) mass is 1480 g/mol. The molecule has 1 fully saturated rings. The molecule has 0 radical (unpaired) electrons. The average molecular weight is 1480 g/mol. The molecular formula is C83H124N6O15S. The van der Waals surface area contributed by atoms with Crippen LogP contribution in [0.25, 0.3) is 0 Å². The molecule has 0 aliphatic heterocycles. The van der Waals surface area contributed by atoms with E-state index >= 15 is 0 Å². The number of amides is 2. The number of nitrogens with one attached hydrogen (secondary N) is 2. The van der Waals surface area contributed by atoms with Crippen LogP contribution in [0.15, 0.2) is 133 Å². The second kappa shape index (κ2) is 44.1. The van der Waals surface area contributed by atoms with Gasteiger partial charge in [-0.05, 0) is 127 Å². The maximum atomic E-state index is 12.1. The molecule has 21 nitrogen and oxygen atoms in total. The SMILES string of the molecule is C.CC(=O)Cc1ccc(C(C)(C)C)cc1.CC(C)(C)c1ccc(CC(=O)C2(C(N)=O)CC2)cc1.CC(C)(C)c1ccc(S(=O)(=O)NCCO)cc1.COCCOC(=O)Cc1ccc(C(C)(C)C)cn1.COCCOC(=O)Cc1ncc(C(C)(C)C)cn1.COCCOC(=O)Nc1cccc(C(C)(C)C)c1. The van der Waals surface area contributed by atoms with E-state index in [0.717, 1.165) is 44.8 Å². The number of esters is 2. The number of aromatic nitrogens is 3. The number of rotatable bonds is 24. The number of nitrogens with two attached hydrogens (primary N) is 1. The Labute approximate surface area is 627 Å². The maximum Gasteiger partial charge on any atom is 0.411 e. The van der Waals surface area contributed by atoms with E-state index in [-0.39, 0.29) is 114 Å². The van der Waals surface area contributed by atoms with Crippen molar-refractivity contribution < 1.29 is 70.7 Å². The van der Waals surface area contributed by atoms with Crippen LogP contribution < -0.4 is 15.8 Å². The van der Waals surface area contributed by atoms with Crippen molar-refractivity contribution in [3.63, 3.8) is 0 Å². The molecule has 1 aliphatic carbocycles. The number of aliphatic hydroxyl groups is 1. The first-order chi connectivity index (χ1) is 48.2. The number of primary amides is 1. The summed E-state index contributed by atoms with van der Waals surface area (Å²) in [5.74, 6) is -0.426. The summed E-state index contributed by atoms with van der Waals surface area (Å²) in [5, 5.41) is 11.3. The number of ketones is 2. The number of benzene rings is 4. The second-order valence-corrected chi connectivity index (χ2v) is 33.3. The number of sulfonamides is 1. The predicted molar refractivity (Wildman–Crippen MR) is 417 cm³/mol. The first kappa shape index (κ1) is 94.9. The molecule has 4 aromatic carbocycles.